The third-order valence-corrected chi connectivity index (χ3v) is 12.6. The number of rotatable bonds is 2. The normalized spacial score (nSPS) is 50.2. The van der Waals surface area contributed by atoms with Crippen LogP contribution in [-0.4, -0.2) is 18.4 Å². The minimum absolute atomic E-state index is 0.000134. The Morgan fingerprint density at radius 3 is 2.37 bits per heavy atom. The van der Waals surface area contributed by atoms with Gasteiger partial charge in [-0.2, -0.15) is 0 Å². The van der Waals surface area contributed by atoms with Crippen molar-refractivity contribution in [2.75, 3.05) is 6.61 Å². The Morgan fingerprint density at radius 2 is 1.69 bits per heavy atom. The van der Waals surface area contributed by atoms with Crippen molar-refractivity contribution in [1.29, 1.82) is 0 Å². The lowest BCUT2D eigenvalue weighted by Gasteiger charge is -2.69. The lowest BCUT2D eigenvalue weighted by Crippen LogP contribution is -2.65. The Bertz CT molecular complexity index is 1000. The van der Waals surface area contributed by atoms with Crippen LogP contribution in [-0.2, 0) is 14.3 Å². The van der Waals surface area contributed by atoms with Gasteiger partial charge in [0.15, 0.2) is 5.78 Å². The first-order valence-corrected chi connectivity index (χ1v) is 14.3. The van der Waals surface area contributed by atoms with Gasteiger partial charge in [-0.05, 0) is 110 Å². The van der Waals surface area contributed by atoms with Crippen LogP contribution in [0.4, 0.5) is 0 Å². The van der Waals surface area contributed by atoms with Crippen molar-refractivity contribution in [2.45, 2.75) is 107 Å². The molecule has 35 heavy (non-hydrogen) atoms. The summed E-state index contributed by atoms with van der Waals surface area (Å²) in [7, 11) is 0. The van der Waals surface area contributed by atoms with E-state index in [-0.39, 0.29) is 44.9 Å². The minimum Gasteiger partial charge on any atom is -0.466 e. The standard InChI is InChI=1S/C32H48O3/c1-9-35-26(34)29(5)16-15-28(4)17-18-31(7)21(22(28)20-29)19-23(33)25-30(6)13-10-12-27(2,3)24(30)11-14-32(25,31)8/h10,12,19,22,24-25H,9,11,13-18,20H2,1-8H3/t22?,24?,25?,28-,29+,30+,31-,32-/m1/s1. The van der Waals surface area contributed by atoms with E-state index >= 15 is 0 Å². The van der Waals surface area contributed by atoms with Crippen LogP contribution in [0.3, 0.4) is 0 Å². The highest BCUT2D eigenvalue weighted by Crippen LogP contribution is 2.74. The molecule has 0 saturated heterocycles. The molecule has 3 unspecified atom stereocenters. The fourth-order valence-electron chi connectivity index (χ4n) is 10.3. The van der Waals surface area contributed by atoms with Crippen LogP contribution in [0.1, 0.15) is 107 Å². The third kappa shape index (κ3) is 3.21. The first-order chi connectivity index (χ1) is 16.2. The smallest absolute Gasteiger partial charge is 0.311 e. The van der Waals surface area contributed by atoms with Crippen molar-refractivity contribution < 1.29 is 14.3 Å². The monoisotopic (exact) mass is 480 g/mol. The van der Waals surface area contributed by atoms with Gasteiger partial charge in [0, 0.05) is 5.92 Å². The van der Waals surface area contributed by atoms with E-state index in [1.54, 1.807) is 0 Å². The van der Waals surface area contributed by atoms with E-state index in [0.717, 1.165) is 38.5 Å². The molecular formula is C32H48O3. The van der Waals surface area contributed by atoms with Gasteiger partial charge in [0.1, 0.15) is 0 Å². The molecule has 0 N–H and O–H groups in total. The van der Waals surface area contributed by atoms with E-state index in [0.29, 0.717) is 18.3 Å². The molecule has 0 heterocycles. The Morgan fingerprint density at radius 1 is 1.00 bits per heavy atom. The Kier molecular flexibility index (Phi) is 5.47. The summed E-state index contributed by atoms with van der Waals surface area (Å²) in [6, 6.07) is 0. The molecule has 0 aromatic heterocycles. The van der Waals surface area contributed by atoms with Crippen LogP contribution in [0.2, 0.25) is 0 Å². The van der Waals surface area contributed by atoms with Gasteiger partial charge in [0.05, 0.1) is 12.0 Å². The number of hydrogen-bond acceptors (Lipinski definition) is 3. The van der Waals surface area contributed by atoms with E-state index in [9.17, 15) is 9.59 Å². The van der Waals surface area contributed by atoms with Crippen molar-refractivity contribution in [3.05, 3.63) is 23.8 Å². The molecule has 3 fully saturated rings. The van der Waals surface area contributed by atoms with Crippen LogP contribution in [0.15, 0.2) is 23.8 Å². The SMILES string of the molecule is CCOC(=O)[C@@]1(C)CC[C@]2(C)CC[C@]3(C)C(=CC(=O)C4[C@@]5(C)CC=CC(C)(C)C5CC[C@]43C)C2C1. The molecule has 5 aliphatic rings. The van der Waals surface area contributed by atoms with Crippen molar-refractivity contribution in [2.24, 2.45) is 50.2 Å². The second-order valence-corrected chi connectivity index (χ2v) is 14.9. The zero-order valence-corrected chi connectivity index (χ0v) is 23.6. The van der Waals surface area contributed by atoms with Crippen LogP contribution >= 0.6 is 0 Å². The topological polar surface area (TPSA) is 43.4 Å². The average Bonchev–Trinajstić information content (AvgIpc) is 2.76. The molecular weight excluding hydrogens is 432 g/mol. The van der Waals surface area contributed by atoms with Gasteiger partial charge in [0.2, 0.25) is 0 Å². The van der Waals surface area contributed by atoms with Gasteiger partial charge < -0.3 is 4.74 Å². The molecule has 8 atom stereocenters. The molecule has 0 bridgehead atoms. The minimum atomic E-state index is -0.456. The maximum atomic E-state index is 14.3. The van der Waals surface area contributed by atoms with Gasteiger partial charge in [-0.25, -0.2) is 0 Å². The summed E-state index contributed by atoms with van der Waals surface area (Å²) in [6.45, 7) is 19.0. The molecule has 0 aliphatic heterocycles. The quantitative estimate of drug-likeness (QED) is 0.300. The highest BCUT2D eigenvalue weighted by Gasteiger charge is 2.69. The molecule has 3 heteroatoms. The lowest BCUT2D eigenvalue weighted by molar-refractivity contribution is -0.175. The summed E-state index contributed by atoms with van der Waals surface area (Å²) >= 11 is 0. The number of allylic oxidation sites excluding steroid dienone is 4. The predicted octanol–water partition coefficient (Wildman–Crippen LogP) is 7.70. The molecule has 5 rings (SSSR count). The fraction of sp³-hybridized carbons (Fsp3) is 0.812. The first-order valence-electron chi connectivity index (χ1n) is 14.3. The molecule has 194 valence electrons. The molecule has 3 nitrogen and oxygen atoms in total. The summed E-state index contributed by atoms with van der Waals surface area (Å²) in [6.07, 6.45) is 15.3. The van der Waals surface area contributed by atoms with E-state index in [2.05, 4.69) is 66.7 Å². The summed E-state index contributed by atoms with van der Waals surface area (Å²) in [5, 5.41) is 0. The number of carbonyl (C=O) groups excluding carboxylic acids is 2. The second-order valence-electron chi connectivity index (χ2n) is 14.9. The summed E-state index contributed by atoms with van der Waals surface area (Å²) < 4.78 is 5.55. The molecule has 0 aromatic rings. The highest BCUT2D eigenvalue weighted by molar-refractivity contribution is 5.95. The maximum Gasteiger partial charge on any atom is 0.311 e. The third-order valence-electron chi connectivity index (χ3n) is 12.6. The van der Waals surface area contributed by atoms with Gasteiger partial charge >= 0.3 is 5.97 Å². The van der Waals surface area contributed by atoms with Crippen molar-refractivity contribution in [3.63, 3.8) is 0 Å². The van der Waals surface area contributed by atoms with E-state index < -0.39 is 5.41 Å². The zero-order chi connectivity index (χ0) is 25.7. The van der Waals surface area contributed by atoms with Gasteiger partial charge in [0.25, 0.3) is 0 Å². The van der Waals surface area contributed by atoms with Crippen LogP contribution in [0.5, 0.6) is 0 Å². The second kappa shape index (κ2) is 7.57. The first kappa shape index (κ1) is 25.3. The number of esters is 1. The van der Waals surface area contributed by atoms with Crippen LogP contribution in [0.25, 0.3) is 0 Å². The Balaban J connectivity index is 1.60. The largest absolute Gasteiger partial charge is 0.466 e. The van der Waals surface area contributed by atoms with Crippen molar-refractivity contribution in [3.8, 4) is 0 Å². The number of carbonyl (C=O) groups is 2. The van der Waals surface area contributed by atoms with Crippen molar-refractivity contribution >= 4 is 11.8 Å². The molecule has 0 radical (unpaired) electrons. The summed E-state index contributed by atoms with van der Waals surface area (Å²) in [5.41, 5.74) is 1.18. The molecule has 5 aliphatic carbocycles. The molecule has 0 amide bonds. The lowest BCUT2D eigenvalue weighted by atomic mass is 9.34. The Hall–Kier alpha value is -1.38. The number of ether oxygens (including phenoxy) is 1. The summed E-state index contributed by atoms with van der Waals surface area (Å²) in [5.74, 6) is 1.20. The molecule has 3 saturated carbocycles. The molecule has 0 spiro atoms. The summed E-state index contributed by atoms with van der Waals surface area (Å²) in [4.78, 5) is 27.3. The van der Waals surface area contributed by atoms with E-state index in [4.69, 9.17) is 4.74 Å². The predicted molar refractivity (Wildman–Crippen MR) is 141 cm³/mol. The van der Waals surface area contributed by atoms with Crippen molar-refractivity contribution in [1.82, 2.24) is 0 Å². The maximum absolute atomic E-state index is 14.3. The van der Waals surface area contributed by atoms with Crippen LogP contribution < -0.4 is 0 Å². The van der Waals surface area contributed by atoms with Gasteiger partial charge in [-0.15, -0.1) is 0 Å². The number of ketones is 1. The van der Waals surface area contributed by atoms with E-state index in [1.807, 2.05) is 6.92 Å². The van der Waals surface area contributed by atoms with Crippen LogP contribution in [0, 0.1) is 50.2 Å². The Labute approximate surface area is 213 Å². The number of fused-ring (bicyclic) bond motifs is 7. The van der Waals surface area contributed by atoms with E-state index in [1.165, 1.54) is 18.4 Å². The molecule has 0 aromatic carbocycles. The fourth-order valence-corrected chi connectivity index (χ4v) is 10.3. The zero-order valence-electron chi connectivity index (χ0n) is 23.6. The van der Waals surface area contributed by atoms with Gasteiger partial charge in [-0.1, -0.05) is 59.3 Å². The average molecular weight is 481 g/mol. The van der Waals surface area contributed by atoms with Gasteiger partial charge in [-0.3, -0.25) is 9.59 Å². The highest BCUT2D eigenvalue weighted by atomic mass is 16.5. The number of hydrogen-bond donors (Lipinski definition) is 0.